The summed E-state index contributed by atoms with van der Waals surface area (Å²) in [5.74, 6) is 2.84. The molecule has 1 aliphatic rings. The average Bonchev–Trinajstić information content (AvgIpc) is 3.47. The van der Waals surface area contributed by atoms with Crippen LogP contribution < -0.4 is 4.74 Å². The van der Waals surface area contributed by atoms with Crippen LogP contribution in [-0.4, -0.2) is 39.8 Å². The summed E-state index contributed by atoms with van der Waals surface area (Å²) in [5.41, 5.74) is 2.56. The minimum atomic E-state index is 0.261. The number of thiophene rings is 1. The Kier molecular flexibility index (Phi) is 6.90. The fourth-order valence-electron chi connectivity index (χ4n) is 3.36. The molecular weight excluding hydrogens is 402 g/mol. The van der Waals surface area contributed by atoms with E-state index in [9.17, 15) is 0 Å². The van der Waals surface area contributed by atoms with E-state index in [2.05, 4.69) is 58.3 Å². The molecule has 1 saturated heterocycles. The minimum Gasteiger partial charge on any atom is -0.494 e. The van der Waals surface area contributed by atoms with E-state index in [1.807, 2.05) is 6.07 Å². The number of rotatable bonds is 9. The molecule has 4 rings (SSSR count). The lowest BCUT2D eigenvalue weighted by molar-refractivity contribution is 0.0953. The smallest absolute Gasteiger partial charge is 0.191 e. The highest BCUT2D eigenvalue weighted by atomic mass is 32.2. The zero-order valence-electron chi connectivity index (χ0n) is 17.0. The van der Waals surface area contributed by atoms with Gasteiger partial charge in [-0.3, -0.25) is 4.57 Å². The number of ether oxygens (including phenoxy) is 2. The third kappa shape index (κ3) is 5.21. The number of aromatic nitrogens is 3. The van der Waals surface area contributed by atoms with E-state index in [4.69, 9.17) is 9.47 Å². The maximum absolute atomic E-state index is 5.91. The molecule has 3 heterocycles. The summed E-state index contributed by atoms with van der Waals surface area (Å²) in [6.07, 6.45) is 3.46. The summed E-state index contributed by atoms with van der Waals surface area (Å²) in [6, 6.07) is 10.4. The lowest BCUT2D eigenvalue weighted by Crippen LogP contribution is -2.16. The molecule has 29 heavy (non-hydrogen) atoms. The first kappa shape index (κ1) is 20.4. The van der Waals surface area contributed by atoms with E-state index in [1.54, 1.807) is 23.1 Å². The summed E-state index contributed by atoms with van der Waals surface area (Å²) in [4.78, 5) is 1.15. The van der Waals surface area contributed by atoms with Gasteiger partial charge in [0.25, 0.3) is 0 Å². The SMILES string of the molecule is Cc1ccc(OCCCSc2nnc(-c3cccs3)n2CC2CCCO2)cc1C. The standard InChI is InChI=1S/C22H27N3O2S2/c1-16-8-9-18(14-17(16)2)26-11-5-13-29-22-24-23-21(20-7-4-12-28-20)25(22)15-19-6-3-10-27-19/h4,7-9,12,14,19H,3,5-6,10-11,13,15H2,1-2H3. The Hall–Kier alpha value is -1.83. The summed E-state index contributed by atoms with van der Waals surface area (Å²) in [6.45, 7) is 6.62. The number of benzene rings is 1. The number of hydrogen-bond donors (Lipinski definition) is 0. The Labute approximate surface area is 180 Å². The van der Waals surface area contributed by atoms with Crippen LogP contribution in [-0.2, 0) is 11.3 Å². The molecule has 1 aromatic carbocycles. The minimum absolute atomic E-state index is 0.261. The van der Waals surface area contributed by atoms with Crippen molar-refractivity contribution in [3.63, 3.8) is 0 Å². The van der Waals surface area contributed by atoms with E-state index in [0.717, 1.165) is 59.8 Å². The van der Waals surface area contributed by atoms with E-state index in [1.165, 1.54) is 11.1 Å². The molecule has 1 unspecified atom stereocenters. The Morgan fingerprint density at radius 1 is 1.24 bits per heavy atom. The largest absolute Gasteiger partial charge is 0.494 e. The van der Waals surface area contributed by atoms with Crippen LogP contribution in [0.4, 0.5) is 0 Å². The number of hydrogen-bond acceptors (Lipinski definition) is 6. The predicted octanol–water partition coefficient (Wildman–Crippen LogP) is 5.36. The molecule has 0 spiro atoms. The highest BCUT2D eigenvalue weighted by Crippen LogP contribution is 2.29. The molecule has 3 aromatic rings. The molecule has 0 aliphatic carbocycles. The van der Waals surface area contributed by atoms with Gasteiger partial charge in [-0.05, 0) is 67.8 Å². The highest BCUT2D eigenvalue weighted by Gasteiger charge is 2.22. The number of aryl methyl sites for hydroxylation is 2. The lowest BCUT2D eigenvalue weighted by Gasteiger charge is -2.14. The van der Waals surface area contributed by atoms with Crippen molar-refractivity contribution in [2.24, 2.45) is 0 Å². The van der Waals surface area contributed by atoms with Gasteiger partial charge in [0.05, 0.1) is 24.1 Å². The van der Waals surface area contributed by atoms with Crippen LogP contribution in [0.2, 0.25) is 0 Å². The van der Waals surface area contributed by atoms with Crippen LogP contribution in [0.1, 0.15) is 30.4 Å². The molecule has 0 radical (unpaired) electrons. The quantitative estimate of drug-likeness (QED) is 0.338. The number of nitrogens with zero attached hydrogens (tertiary/aromatic N) is 3. The predicted molar refractivity (Wildman–Crippen MR) is 119 cm³/mol. The third-order valence-electron chi connectivity index (χ3n) is 5.14. The van der Waals surface area contributed by atoms with Crippen LogP contribution >= 0.6 is 23.1 Å². The van der Waals surface area contributed by atoms with Crippen LogP contribution in [0.3, 0.4) is 0 Å². The van der Waals surface area contributed by atoms with Crippen LogP contribution in [0, 0.1) is 13.8 Å². The fourth-order valence-corrected chi connectivity index (χ4v) is 4.93. The van der Waals surface area contributed by atoms with Gasteiger partial charge in [-0.25, -0.2) is 0 Å². The Balaban J connectivity index is 1.34. The van der Waals surface area contributed by atoms with Gasteiger partial charge in [0.15, 0.2) is 11.0 Å². The number of thioether (sulfide) groups is 1. The van der Waals surface area contributed by atoms with Gasteiger partial charge in [-0.2, -0.15) is 0 Å². The average molecular weight is 430 g/mol. The van der Waals surface area contributed by atoms with Crippen molar-refractivity contribution in [1.82, 2.24) is 14.8 Å². The first-order valence-corrected chi connectivity index (χ1v) is 12.0. The van der Waals surface area contributed by atoms with Gasteiger partial charge >= 0.3 is 0 Å². The van der Waals surface area contributed by atoms with Gasteiger partial charge in [0, 0.05) is 12.4 Å². The van der Waals surface area contributed by atoms with Crippen molar-refractivity contribution in [2.45, 2.75) is 50.9 Å². The molecule has 1 aliphatic heterocycles. The lowest BCUT2D eigenvalue weighted by atomic mass is 10.1. The van der Waals surface area contributed by atoms with E-state index in [0.29, 0.717) is 6.61 Å². The summed E-state index contributed by atoms with van der Waals surface area (Å²) in [7, 11) is 0. The second-order valence-electron chi connectivity index (χ2n) is 7.33. The van der Waals surface area contributed by atoms with Crippen LogP contribution in [0.25, 0.3) is 10.7 Å². The Bertz CT molecular complexity index is 918. The summed E-state index contributed by atoms with van der Waals surface area (Å²) >= 11 is 3.45. The van der Waals surface area contributed by atoms with Crippen molar-refractivity contribution >= 4 is 23.1 Å². The van der Waals surface area contributed by atoms with Crippen LogP contribution in [0.5, 0.6) is 5.75 Å². The molecular formula is C22H27N3O2S2. The van der Waals surface area contributed by atoms with Crippen molar-refractivity contribution in [1.29, 1.82) is 0 Å². The van der Waals surface area contributed by atoms with E-state index < -0.39 is 0 Å². The maximum atomic E-state index is 5.91. The Morgan fingerprint density at radius 3 is 2.93 bits per heavy atom. The zero-order chi connectivity index (χ0) is 20.1. The summed E-state index contributed by atoms with van der Waals surface area (Å²) in [5, 5.41) is 12.0. The molecule has 5 nitrogen and oxygen atoms in total. The van der Waals surface area contributed by atoms with Gasteiger partial charge in [0.1, 0.15) is 5.75 Å². The van der Waals surface area contributed by atoms with Gasteiger partial charge in [-0.15, -0.1) is 21.5 Å². The fraction of sp³-hybridized carbons (Fsp3) is 0.455. The molecule has 154 valence electrons. The molecule has 0 bridgehead atoms. The van der Waals surface area contributed by atoms with Gasteiger partial charge in [-0.1, -0.05) is 23.9 Å². The van der Waals surface area contributed by atoms with E-state index >= 15 is 0 Å². The topological polar surface area (TPSA) is 49.2 Å². The Morgan fingerprint density at radius 2 is 2.17 bits per heavy atom. The second kappa shape index (κ2) is 9.78. The molecule has 2 aromatic heterocycles. The van der Waals surface area contributed by atoms with Crippen molar-refractivity contribution in [3.8, 4) is 16.5 Å². The monoisotopic (exact) mass is 429 g/mol. The molecule has 1 atom stereocenters. The molecule has 0 saturated carbocycles. The molecule has 0 N–H and O–H groups in total. The van der Waals surface area contributed by atoms with E-state index in [-0.39, 0.29) is 6.10 Å². The highest BCUT2D eigenvalue weighted by molar-refractivity contribution is 7.99. The normalized spacial score (nSPS) is 16.4. The van der Waals surface area contributed by atoms with Crippen LogP contribution in [0.15, 0.2) is 40.9 Å². The van der Waals surface area contributed by atoms with Gasteiger partial charge < -0.3 is 9.47 Å². The molecule has 7 heteroatoms. The maximum Gasteiger partial charge on any atom is 0.191 e. The molecule has 1 fully saturated rings. The zero-order valence-corrected chi connectivity index (χ0v) is 18.6. The first-order chi connectivity index (χ1) is 14.2. The van der Waals surface area contributed by atoms with Crippen molar-refractivity contribution < 1.29 is 9.47 Å². The second-order valence-corrected chi connectivity index (χ2v) is 9.34. The third-order valence-corrected chi connectivity index (χ3v) is 7.05. The first-order valence-electron chi connectivity index (χ1n) is 10.1. The van der Waals surface area contributed by atoms with Crippen molar-refractivity contribution in [3.05, 3.63) is 46.8 Å². The van der Waals surface area contributed by atoms with Gasteiger partial charge in [0.2, 0.25) is 0 Å². The molecule has 0 amide bonds. The summed E-state index contributed by atoms with van der Waals surface area (Å²) < 4.78 is 14.0. The van der Waals surface area contributed by atoms with Crippen molar-refractivity contribution in [2.75, 3.05) is 19.0 Å².